The second kappa shape index (κ2) is 9.49. The van der Waals surface area contributed by atoms with E-state index in [1.165, 1.54) is 10.5 Å². The highest BCUT2D eigenvalue weighted by atomic mass is 16.2. The number of aliphatic imine (C=N–C) groups is 1. The van der Waals surface area contributed by atoms with Crippen LogP contribution in [0.15, 0.2) is 35.3 Å². The number of benzene rings is 1. The molecule has 3 amide bonds. The molecule has 2 aliphatic heterocycles. The van der Waals surface area contributed by atoms with Crippen molar-refractivity contribution in [3.8, 4) is 0 Å². The summed E-state index contributed by atoms with van der Waals surface area (Å²) in [7, 11) is 1.81. The molecule has 2 aliphatic rings. The van der Waals surface area contributed by atoms with Crippen molar-refractivity contribution < 1.29 is 9.59 Å². The lowest BCUT2D eigenvalue weighted by atomic mass is 9.82. The summed E-state index contributed by atoms with van der Waals surface area (Å²) in [5.74, 6) is 1.88. The highest BCUT2D eigenvalue weighted by Gasteiger charge is 2.45. The van der Waals surface area contributed by atoms with E-state index in [1.807, 2.05) is 6.92 Å². The van der Waals surface area contributed by atoms with Gasteiger partial charge in [0.1, 0.15) is 5.54 Å². The normalized spacial score (nSPS) is 27.4. The van der Waals surface area contributed by atoms with Crippen molar-refractivity contribution in [2.45, 2.75) is 51.5 Å². The van der Waals surface area contributed by atoms with E-state index < -0.39 is 5.54 Å². The van der Waals surface area contributed by atoms with Crippen LogP contribution in [0.5, 0.6) is 0 Å². The van der Waals surface area contributed by atoms with Gasteiger partial charge in [0.25, 0.3) is 5.91 Å². The molecule has 7 nitrogen and oxygen atoms in total. The number of hydrogen-bond acceptors (Lipinski definition) is 3. The van der Waals surface area contributed by atoms with E-state index in [1.54, 1.807) is 14.0 Å². The Kier molecular flexibility index (Phi) is 7.00. The van der Waals surface area contributed by atoms with Gasteiger partial charge in [-0.05, 0) is 43.6 Å². The van der Waals surface area contributed by atoms with Crippen LogP contribution >= 0.6 is 0 Å². The Bertz CT molecular complexity index is 781. The van der Waals surface area contributed by atoms with Crippen LogP contribution in [0.25, 0.3) is 0 Å². The fraction of sp³-hybridized carbons (Fsp3) is 0.609. The predicted molar refractivity (Wildman–Crippen MR) is 119 cm³/mol. The molecule has 164 valence electrons. The average Bonchev–Trinajstić information content (AvgIpc) is 2.97. The van der Waals surface area contributed by atoms with Gasteiger partial charge in [-0.15, -0.1) is 0 Å². The summed E-state index contributed by atoms with van der Waals surface area (Å²) in [5.41, 5.74) is 0.653. The number of hydrogen-bond donors (Lipinski definition) is 2. The van der Waals surface area contributed by atoms with Crippen LogP contribution in [-0.2, 0) is 4.79 Å². The molecule has 0 aliphatic carbocycles. The molecule has 3 atom stereocenters. The molecule has 0 spiro atoms. The van der Waals surface area contributed by atoms with Crippen LogP contribution in [0, 0.1) is 5.92 Å². The second-order valence-corrected chi connectivity index (χ2v) is 8.63. The van der Waals surface area contributed by atoms with Gasteiger partial charge in [0.15, 0.2) is 5.96 Å². The Morgan fingerprint density at radius 2 is 2.03 bits per heavy atom. The third kappa shape index (κ3) is 4.60. The van der Waals surface area contributed by atoms with E-state index in [4.69, 9.17) is 0 Å². The van der Waals surface area contributed by atoms with Gasteiger partial charge in [0.2, 0.25) is 0 Å². The zero-order chi connectivity index (χ0) is 21.7. The maximum Gasteiger partial charge on any atom is 0.325 e. The molecule has 7 heteroatoms. The molecule has 30 heavy (non-hydrogen) atoms. The van der Waals surface area contributed by atoms with Crippen LogP contribution < -0.4 is 10.6 Å². The Morgan fingerprint density at radius 3 is 2.63 bits per heavy atom. The number of rotatable bonds is 6. The van der Waals surface area contributed by atoms with Crippen molar-refractivity contribution in [3.63, 3.8) is 0 Å². The number of nitrogens with one attached hydrogen (secondary N) is 2. The molecule has 1 aromatic rings. The van der Waals surface area contributed by atoms with Crippen molar-refractivity contribution >= 4 is 17.9 Å². The first-order valence-electron chi connectivity index (χ1n) is 11.0. The van der Waals surface area contributed by atoms with Crippen LogP contribution in [-0.4, -0.2) is 66.5 Å². The molecule has 0 aromatic heterocycles. The molecule has 0 saturated carbocycles. The van der Waals surface area contributed by atoms with Gasteiger partial charge in [-0.3, -0.25) is 14.7 Å². The lowest BCUT2D eigenvalue weighted by Gasteiger charge is -2.39. The smallest absolute Gasteiger partial charge is 0.325 e. The number of guanidine groups is 1. The van der Waals surface area contributed by atoms with Crippen molar-refractivity contribution in [2.75, 3.05) is 33.2 Å². The average molecular weight is 414 g/mol. The van der Waals surface area contributed by atoms with E-state index >= 15 is 0 Å². The largest absolute Gasteiger partial charge is 0.356 e. The number of carbonyl (C=O) groups is 2. The minimum absolute atomic E-state index is 0.129. The molecular weight excluding hydrogens is 378 g/mol. The first-order valence-corrected chi connectivity index (χ1v) is 11.0. The Labute approximate surface area is 179 Å². The number of amides is 3. The summed E-state index contributed by atoms with van der Waals surface area (Å²) < 4.78 is 0. The summed E-state index contributed by atoms with van der Waals surface area (Å²) in [4.78, 5) is 32.7. The minimum atomic E-state index is -0.764. The van der Waals surface area contributed by atoms with E-state index in [0.717, 1.165) is 25.5 Å². The van der Waals surface area contributed by atoms with Gasteiger partial charge < -0.3 is 15.5 Å². The maximum atomic E-state index is 12.5. The highest BCUT2D eigenvalue weighted by Crippen LogP contribution is 2.32. The molecule has 3 rings (SSSR count). The lowest BCUT2D eigenvalue weighted by molar-refractivity contribution is -0.130. The van der Waals surface area contributed by atoms with Gasteiger partial charge in [-0.25, -0.2) is 4.79 Å². The molecule has 0 radical (unpaired) electrons. The van der Waals surface area contributed by atoms with E-state index in [0.29, 0.717) is 37.8 Å². The van der Waals surface area contributed by atoms with Gasteiger partial charge in [0, 0.05) is 33.2 Å². The highest BCUT2D eigenvalue weighted by molar-refractivity contribution is 6.06. The predicted octanol–water partition coefficient (Wildman–Crippen LogP) is 2.80. The van der Waals surface area contributed by atoms with Gasteiger partial charge in [0.05, 0.1) is 0 Å². The number of likely N-dealkylation sites (tertiary alicyclic amines) is 1. The van der Waals surface area contributed by atoms with Gasteiger partial charge in [-0.1, -0.05) is 44.2 Å². The summed E-state index contributed by atoms with van der Waals surface area (Å²) in [6, 6.07) is 10.5. The zero-order valence-electron chi connectivity index (χ0n) is 18.6. The first kappa shape index (κ1) is 22.1. The number of carbonyl (C=O) groups excluding carboxylic acids is 2. The standard InChI is InChI=1S/C23H35N5O2/c1-5-23(3)20(29)28(22(30)26-23)14-9-13-25-21(24-4)27-15-12-19(17(2)16-27)18-10-7-6-8-11-18/h6-8,10-11,17,19H,5,9,12-16H2,1-4H3,(H,24,25)(H,26,30). The summed E-state index contributed by atoms with van der Waals surface area (Å²) >= 11 is 0. The number of nitrogens with zero attached hydrogens (tertiary/aromatic N) is 3. The van der Waals surface area contributed by atoms with Crippen LogP contribution in [0.1, 0.15) is 51.5 Å². The second-order valence-electron chi connectivity index (χ2n) is 8.63. The molecule has 2 heterocycles. The van der Waals surface area contributed by atoms with Crippen molar-refractivity contribution in [2.24, 2.45) is 10.9 Å². The monoisotopic (exact) mass is 413 g/mol. The van der Waals surface area contributed by atoms with Crippen molar-refractivity contribution in [1.29, 1.82) is 0 Å². The topological polar surface area (TPSA) is 77.0 Å². The Hall–Kier alpha value is -2.57. The minimum Gasteiger partial charge on any atom is -0.356 e. The number of urea groups is 1. The van der Waals surface area contributed by atoms with Crippen LogP contribution in [0.3, 0.4) is 0 Å². The molecule has 3 unspecified atom stereocenters. The van der Waals surface area contributed by atoms with E-state index in [9.17, 15) is 9.59 Å². The van der Waals surface area contributed by atoms with Crippen molar-refractivity contribution in [3.05, 3.63) is 35.9 Å². The third-order valence-electron chi connectivity index (χ3n) is 6.54. The van der Waals surface area contributed by atoms with Crippen LogP contribution in [0.2, 0.25) is 0 Å². The summed E-state index contributed by atoms with van der Waals surface area (Å²) in [6.07, 6.45) is 2.38. The molecule has 2 N–H and O–H groups in total. The van der Waals surface area contributed by atoms with Crippen molar-refractivity contribution in [1.82, 2.24) is 20.4 Å². The zero-order valence-corrected chi connectivity index (χ0v) is 18.6. The van der Waals surface area contributed by atoms with Gasteiger partial charge >= 0.3 is 6.03 Å². The molecule has 2 fully saturated rings. The Balaban J connectivity index is 1.47. The first-order chi connectivity index (χ1) is 14.4. The Morgan fingerprint density at radius 1 is 1.30 bits per heavy atom. The maximum absolute atomic E-state index is 12.5. The molecular formula is C23H35N5O2. The molecule has 0 bridgehead atoms. The third-order valence-corrected chi connectivity index (χ3v) is 6.54. The molecule has 1 aromatic carbocycles. The van der Waals surface area contributed by atoms with E-state index in [-0.39, 0.29) is 11.9 Å². The van der Waals surface area contributed by atoms with Crippen LogP contribution in [0.4, 0.5) is 4.79 Å². The molecule has 2 saturated heterocycles. The van der Waals surface area contributed by atoms with Gasteiger partial charge in [-0.2, -0.15) is 0 Å². The lowest BCUT2D eigenvalue weighted by Crippen LogP contribution is -2.48. The summed E-state index contributed by atoms with van der Waals surface area (Å²) in [5, 5.41) is 6.21. The van der Waals surface area contributed by atoms with E-state index in [2.05, 4.69) is 57.8 Å². The fourth-order valence-electron chi connectivity index (χ4n) is 4.49. The number of piperidine rings is 1. The fourth-order valence-corrected chi connectivity index (χ4v) is 4.49. The number of imide groups is 1. The summed E-state index contributed by atoms with van der Waals surface area (Å²) in [6.45, 7) is 9.00. The quantitative estimate of drug-likeness (QED) is 0.325. The SMILES string of the molecule is CCC1(C)NC(=O)N(CCCNC(=NC)N2CCC(c3ccccc3)C(C)C2)C1=O.